The minimum absolute atomic E-state index is 0.264. The fourth-order valence-electron chi connectivity index (χ4n) is 2.67. The average molecular weight is 283 g/mol. The molecule has 3 aromatic rings. The molecule has 1 heterocycles. The second-order valence-electron chi connectivity index (χ2n) is 5.31. The fraction of sp³-hybridized carbons (Fsp3) is 0.222. The van der Waals surface area contributed by atoms with E-state index in [4.69, 9.17) is 10.2 Å². The lowest BCUT2D eigenvalue weighted by Crippen LogP contribution is -2.12. The standard InChI is InChI=1S/C18H18FNO/c1-3-12-5-4-6-13(9-12)17(20)18-11(2)15-10-14(19)7-8-16(15)21-18/h4-10,17H,3,20H2,1-2H3. The Labute approximate surface area is 123 Å². The third-order valence-electron chi connectivity index (χ3n) is 3.94. The van der Waals surface area contributed by atoms with Crippen LogP contribution in [0.15, 0.2) is 46.9 Å². The Morgan fingerprint density at radius 1 is 1.19 bits per heavy atom. The van der Waals surface area contributed by atoms with E-state index in [0.29, 0.717) is 11.3 Å². The molecule has 0 radical (unpaired) electrons. The molecular formula is C18H18FNO. The van der Waals surface area contributed by atoms with Gasteiger partial charge in [0.15, 0.2) is 0 Å². The van der Waals surface area contributed by atoms with Crippen molar-refractivity contribution in [1.82, 2.24) is 0 Å². The molecule has 0 fully saturated rings. The van der Waals surface area contributed by atoms with Gasteiger partial charge in [-0.3, -0.25) is 0 Å². The molecule has 2 N–H and O–H groups in total. The maximum absolute atomic E-state index is 13.4. The van der Waals surface area contributed by atoms with Crippen LogP contribution in [0.25, 0.3) is 11.0 Å². The topological polar surface area (TPSA) is 39.2 Å². The number of aryl methyl sites for hydroxylation is 2. The highest BCUT2D eigenvalue weighted by molar-refractivity contribution is 5.82. The van der Waals surface area contributed by atoms with Crippen molar-refractivity contribution in [3.63, 3.8) is 0 Å². The molecule has 3 heteroatoms. The van der Waals surface area contributed by atoms with E-state index in [1.807, 2.05) is 19.1 Å². The van der Waals surface area contributed by atoms with Crippen LogP contribution in [0.5, 0.6) is 0 Å². The van der Waals surface area contributed by atoms with Crippen molar-refractivity contribution in [3.8, 4) is 0 Å². The molecule has 1 aromatic heterocycles. The van der Waals surface area contributed by atoms with Crippen molar-refractivity contribution in [2.75, 3.05) is 0 Å². The van der Waals surface area contributed by atoms with Gasteiger partial charge in [-0.05, 0) is 42.7 Å². The summed E-state index contributed by atoms with van der Waals surface area (Å²) in [6.45, 7) is 4.03. The van der Waals surface area contributed by atoms with Gasteiger partial charge in [-0.15, -0.1) is 0 Å². The van der Waals surface area contributed by atoms with E-state index in [1.54, 1.807) is 6.07 Å². The Hall–Kier alpha value is -2.13. The average Bonchev–Trinajstić information content (AvgIpc) is 2.83. The van der Waals surface area contributed by atoms with E-state index in [9.17, 15) is 4.39 Å². The van der Waals surface area contributed by atoms with Gasteiger partial charge >= 0.3 is 0 Å². The number of benzene rings is 2. The summed E-state index contributed by atoms with van der Waals surface area (Å²) < 4.78 is 19.2. The molecule has 0 aliphatic heterocycles. The number of rotatable bonds is 3. The second kappa shape index (κ2) is 5.34. The van der Waals surface area contributed by atoms with Gasteiger partial charge in [0.25, 0.3) is 0 Å². The van der Waals surface area contributed by atoms with Crippen molar-refractivity contribution in [2.45, 2.75) is 26.3 Å². The molecule has 2 nitrogen and oxygen atoms in total. The first kappa shape index (κ1) is 13.8. The molecule has 0 saturated carbocycles. The van der Waals surface area contributed by atoms with Crippen LogP contribution in [-0.2, 0) is 6.42 Å². The highest BCUT2D eigenvalue weighted by Crippen LogP contribution is 2.32. The summed E-state index contributed by atoms with van der Waals surface area (Å²) in [5.41, 5.74) is 10.2. The molecular weight excluding hydrogens is 265 g/mol. The van der Waals surface area contributed by atoms with Crippen molar-refractivity contribution < 1.29 is 8.81 Å². The first-order chi connectivity index (χ1) is 10.1. The molecule has 1 atom stereocenters. The maximum atomic E-state index is 13.4. The lowest BCUT2D eigenvalue weighted by molar-refractivity contribution is 0.520. The van der Waals surface area contributed by atoms with Crippen molar-refractivity contribution in [1.29, 1.82) is 0 Å². The zero-order valence-corrected chi connectivity index (χ0v) is 12.2. The highest BCUT2D eigenvalue weighted by atomic mass is 19.1. The quantitative estimate of drug-likeness (QED) is 0.769. The lowest BCUT2D eigenvalue weighted by atomic mass is 9.99. The molecule has 108 valence electrons. The third-order valence-corrected chi connectivity index (χ3v) is 3.94. The van der Waals surface area contributed by atoms with Crippen LogP contribution >= 0.6 is 0 Å². The Morgan fingerprint density at radius 2 is 2.00 bits per heavy atom. The summed E-state index contributed by atoms with van der Waals surface area (Å²) >= 11 is 0. The van der Waals surface area contributed by atoms with Crippen LogP contribution in [0.1, 0.15) is 35.4 Å². The number of halogens is 1. The Balaban J connectivity index is 2.08. The molecule has 0 saturated heterocycles. The molecule has 0 amide bonds. The first-order valence-electron chi connectivity index (χ1n) is 7.13. The Kier molecular flexibility index (Phi) is 3.52. The predicted octanol–water partition coefficient (Wildman–Crippen LogP) is 4.49. The summed E-state index contributed by atoms with van der Waals surface area (Å²) in [6.07, 6.45) is 0.963. The van der Waals surface area contributed by atoms with Crippen molar-refractivity contribution >= 4 is 11.0 Å². The van der Waals surface area contributed by atoms with Gasteiger partial charge in [-0.1, -0.05) is 31.2 Å². The molecule has 21 heavy (non-hydrogen) atoms. The molecule has 0 spiro atoms. The van der Waals surface area contributed by atoms with Gasteiger partial charge in [0.05, 0.1) is 6.04 Å². The van der Waals surface area contributed by atoms with E-state index in [1.165, 1.54) is 17.7 Å². The monoisotopic (exact) mass is 283 g/mol. The zero-order valence-electron chi connectivity index (χ0n) is 12.2. The highest BCUT2D eigenvalue weighted by Gasteiger charge is 2.19. The van der Waals surface area contributed by atoms with Crippen LogP contribution in [0.3, 0.4) is 0 Å². The lowest BCUT2D eigenvalue weighted by Gasteiger charge is -2.11. The van der Waals surface area contributed by atoms with Gasteiger partial charge in [-0.25, -0.2) is 4.39 Å². The number of hydrogen-bond donors (Lipinski definition) is 1. The van der Waals surface area contributed by atoms with Crippen LogP contribution in [-0.4, -0.2) is 0 Å². The minimum atomic E-state index is -0.341. The van der Waals surface area contributed by atoms with Crippen LogP contribution < -0.4 is 5.73 Å². The van der Waals surface area contributed by atoms with E-state index in [0.717, 1.165) is 22.9 Å². The first-order valence-corrected chi connectivity index (χ1v) is 7.13. The van der Waals surface area contributed by atoms with Gasteiger partial charge in [-0.2, -0.15) is 0 Å². The maximum Gasteiger partial charge on any atom is 0.134 e. The molecule has 3 rings (SSSR count). The Bertz CT molecular complexity index is 791. The van der Waals surface area contributed by atoms with Gasteiger partial charge in [0.1, 0.15) is 17.2 Å². The molecule has 1 unspecified atom stereocenters. The minimum Gasteiger partial charge on any atom is -0.459 e. The summed E-state index contributed by atoms with van der Waals surface area (Å²) in [4.78, 5) is 0. The summed E-state index contributed by atoms with van der Waals surface area (Å²) in [7, 11) is 0. The summed E-state index contributed by atoms with van der Waals surface area (Å²) in [6, 6.07) is 12.4. The molecule has 0 aliphatic rings. The van der Waals surface area contributed by atoms with Gasteiger partial charge in [0, 0.05) is 10.9 Å². The third kappa shape index (κ3) is 2.45. The molecule has 0 bridgehead atoms. The Morgan fingerprint density at radius 3 is 2.76 bits per heavy atom. The van der Waals surface area contributed by atoms with Crippen LogP contribution in [0, 0.1) is 12.7 Å². The summed E-state index contributed by atoms with van der Waals surface area (Å²) in [5.74, 6) is 0.434. The largest absolute Gasteiger partial charge is 0.459 e. The number of nitrogens with two attached hydrogens (primary N) is 1. The van der Waals surface area contributed by atoms with Gasteiger partial charge < -0.3 is 10.2 Å². The fourth-order valence-corrected chi connectivity index (χ4v) is 2.67. The molecule has 0 aliphatic carbocycles. The van der Waals surface area contributed by atoms with Crippen LogP contribution in [0.4, 0.5) is 4.39 Å². The molecule has 2 aromatic carbocycles. The zero-order chi connectivity index (χ0) is 15.0. The smallest absolute Gasteiger partial charge is 0.134 e. The van der Waals surface area contributed by atoms with E-state index in [2.05, 4.69) is 19.1 Å². The second-order valence-corrected chi connectivity index (χ2v) is 5.31. The number of hydrogen-bond acceptors (Lipinski definition) is 2. The number of fused-ring (bicyclic) bond motifs is 1. The van der Waals surface area contributed by atoms with Crippen molar-refractivity contribution in [2.24, 2.45) is 5.73 Å². The van der Waals surface area contributed by atoms with Crippen LogP contribution in [0.2, 0.25) is 0 Å². The number of furan rings is 1. The summed E-state index contributed by atoms with van der Waals surface area (Å²) in [5, 5.41) is 0.784. The normalized spacial score (nSPS) is 12.8. The van der Waals surface area contributed by atoms with E-state index < -0.39 is 0 Å². The predicted molar refractivity (Wildman–Crippen MR) is 82.8 cm³/mol. The van der Waals surface area contributed by atoms with E-state index in [-0.39, 0.29) is 11.9 Å². The SMILES string of the molecule is CCc1cccc(C(N)c2oc3ccc(F)cc3c2C)c1. The van der Waals surface area contributed by atoms with E-state index >= 15 is 0 Å². The van der Waals surface area contributed by atoms with Crippen molar-refractivity contribution in [3.05, 3.63) is 70.7 Å². The van der Waals surface area contributed by atoms with Gasteiger partial charge in [0.2, 0.25) is 0 Å².